The van der Waals surface area contributed by atoms with Gasteiger partial charge in [0.05, 0.1) is 12.2 Å². The summed E-state index contributed by atoms with van der Waals surface area (Å²) in [5, 5.41) is 8.92. The third-order valence-electron chi connectivity index (χ3n) is 2.81. The van der Waals surface area contributed by atoms with Gasteiger partial charge in [-0.2, -0.15) is 0 Å². The van der Waals surface area contributed by atoms with Gasteiger partial charge in [-0.3, -0.25) is 0 Å². The lowest BCUT2D eigenvalue weighted by molar-refractivity contribution is 0.0696. The van der Waals surface area contributed by atoms with Crippen molar-refractivity contribution in [3.05, 3.63) is 59.4 Å². The SMILES string of the molecule is CCOc1ccc(CSc2cc(C(=O)O)ccc2F)cc1. The molecule has 2 aromatic carbocycles. The minimum absolute atomic E-state index is 0.0885. The van der Waals surface area contributed by atoms with Crippen LogP contribution in [0.15, 0.2) is 47.4 Å². The van der Waals surface area contributed by atoms with Crippen LogP contribution in [0.5, 0.6) is 5.75 Å². The lowest BCUT2D eigenvalue weighted by atomic mass is 10.2. The maximum absolute atomic E-state index is 13.7. The molecule has 0 radical (unpaired) electrons. The normalized spacial score (nSPS) is 10.4. The standard InChI is InChI=1S/C16H15FO3S/c1-2-20-13-6-3-11(4-7-13)10-21-15-9-12(16(18)19)5-8-14(15)17/h3-9H,2,10H2,1H3,(H,18,19). The van der Waals surface area contributed by atoms with Crippen LogP contribution in [0.2, 0.25) is 0 Å². The van der Waals surface area contributed by atoms with Gasteiger partial charge in [-0.25, -0.2) is 9.18 Å². The number of hydrogen-bond donors (Lipinski definition) is 1. The van der Waals surface area contributed by atoms with Gasteiger partial charge in [0.1, 0.15) is 11.6 Å². The highest BCUT2D eigenvalue weighted by Gasteiger charge is 2.09. The molecular formula is C16H15FO3S. The van der Waals surface area contributed by atoms with Crippen LogP contribution < -0.4 is 4.74 Å². The zero-order chi connectivity index (χ0) is 15.2. The Labute approximate surface area is 126 Å². The number of aromatic carboxylic acids is 1. The van der Waals surface area contributed by atoms with Gasteiger partial charge >= 0.3 is 5.97 Å². The molecule has 0 unspecified atom stereocenters. The topological polar surface area (TPSA) is 46.5 Å². The molecule has 0 saturated heterocycles. The number of ether oxygens (including phenoxy) is 1. The Kier molecular flexibility index (Phi) is 5.22. The first-order valence-electron chi connectivity index (χ1n) is 6.47. The fraction of sp³-hybridized carbons (Fsp3) is 0.188. The van der Waals surface area contributed by atoms with Gasteiger partial charge in [-0.05, 0) is 42.8 Å². The fourth-order valence-electron chi connectivity index (χ4n) is 1.76. The molecule has 0 aromatic heterocycles. The lowest BCUT2D eigenvalue weighted by Gasteiger charge is -2.06. The number of carbonyl (C=O) groups is 1. The first-order chi connectivity index (χ1) is 10.1. The van der Waals surface area contributed by atoms with Crippen LogP contribution in [0.1, 0.15) is 22.8 Å². The van der Waals surface area contributed by atoms with Crippen LogP contribution in [0, 0.1) is 5.82 Å². The van der Waals surface area contributed by atoms with Gasteiger partial charge in [0.25, 0.3) is 0 Å². The molecule has 0 atom stereocenters. The van der Waals surface area contributed by atoms with Crippen molar-refractivity contribution in [2.45, 2.75) is 17.6 Å². The molecule has 0 heterocycles. The van der Waals surface area contributed by atoms with Crippen molar-refractivity contribution in [2.24, 2.45) is 0 Å². The van der Waals surface area contributed by atoms with Gasteiger partial charge in [0, 0.05) is 10.6 Å². The Bertz CT molecular complexity index is 626. The molecule has 0 saturated carbocycles. The highest BCUT2D eigenvalue weighted by atomic mass is 32.2. The average molecular weight is 306 g/mol. The van der Waals surface area contributed by atoms with E-state index in [1.807, 2.05) is 31.2 Å². The predicted octanol–water partition coefficient (Wildman–Crippen LogP) is 4.21. The summed E-state index contributed by atoms with van der Waals surface area (Å²) in [6.45, 7) is 2.53. The molecule has 110 valence electrons. The smallest absolute Gasteiger partial charge is 0.335 e. The van der Waals surface area contributed by atoms with E-state index in [1.54, 1.807) is 0 Å². The molecule has 0 aliphatic heterocycles. The van der Waals surface area contributed by atoms with Crippen LogP contribution in [-0.2, 0) is 5.75 Å². The third-order valence-corrected chi connectivity index (χ3v) is 3.91. The van der Waals surface area contributed by atoms with E-state index in [-0.39, 0.29) is 5.56 Å². The molecule has 0 amide bonds. The van der Waals surface area contributed by atoms with Gasteiger partial charge < -0.3 is 9.84 Å². The fourth-order valence-corrected chi connectivity index (χ4v) is 2.69. The minimum atomic E-state index is -1.06. The summed E-state index contributed by atoms with van der Waals surface area (Å²) < 4.78 is 19.0. The van der Waals surface area contributed by atoms with Crippen molar-refractivity contribution < 1.29 is 19.0 Å². The van der Waals surface area contributed by atoms with Gasteiger partial charge in [-0.15, -0.1) is 11.8 Å². The second-order valence-electron chi connectivity index (χ2n) is 4.32. The molecule has 0 aliphatic rings. The van der Waals surface area contributed by atoms with Gasteiger partial charge in [-0.1, -0.05) is 12.1 Å². The van der Waals surface area contributed by atoms with E-state index >= 15 is 0 Å². The largest absolute Gasteiger partial charge is 0.494 e. The Balaban J connectivity index is 2.05. The first-order valence-corrected chi connectivity index (χ1v) is 7.46. The zero-order valence-corrected chi connectivity index (χ0v) is 12.3. The summed E-state index contributed by atoms with van der Waals surface area (Å²) in [5.74, 6) is -0.106. The molecule has 3 nitrogen and oxygen atoms in total. The monoisotopic (exact) mass is 306 g/mol. The molecule has 21 heavy (non-hydrogen) atoms. The van der Waals surface area contributed by atoms with E-state index in [1.165, 1.54) is 30.0 Å². The number of carboxylic acids is 1. The lowest BCUT2D eigenvalue weighted by Crippen LogP contribution is -1.97. The highest BCUT2D eigenvalue weighted by molar-refractivity contribution is 7.98. The summed E-state index contributed by atoms with van der Waals surface area (Å²) in [6.07, 6.45) is 0. The van der Waals surface area contributed by atoms with Crippen molar-refractivity contribution in [1.29, 1.82) is 0 Å². The molecule has 0 fully saturated rings. The number of hydrogen-bond acceptors (Lipinski definition) is 3. The Hall–Kier alpha value is -2.01. The summed E-state index contributed by atoms with van der Waals surface area (Å²) in [5.41, 5.74) is 1.11. The summed E-state index contributed by atoms with van der Waals surface area (Å²) in [4.78, 5) is 11.2. The van der Waals surface area contributed by atoms with E-state index in [4.69, 9.17) is 9.84 Å². The van der Waals surface area contributed by atoms with Crippen molar-refractivity contribution >= 4 is 17.7 Å². The summed E-state index contributed by atoms with van der Waals surface area (Å²) in [7, 11) is 0. The second kappa shape index (κ2) is 7.13. The molecule has 0 aliphatic carbocycles. The van der Waals surface area contributed by atoms with E-state index in [0.717, 1.165) is 11.3 Å². The molecule has 5 heteroatoms. The predicted molar refractivity (Wildman–Crippen MR) is 80.5 cm³/mol. The molecule has 0 bridgehead atoms. The van der Waals surface area contributed by atoms with Crippen molar-refractivity contribution in [3.63, 3.8) is 0 Å². The highest BCUT2D eigenvalue weighted by Crippen LogP contribution is 2.27. The van der Waals surface area contributed by atoms with Crippen LogP contribution in [-0.4, -0.2) is 17.7 Å². The molecule has 1 N–H and O–H groups in total. The Morgan fingerprint density at radius 1 is 1.24 bits per heavy atom. The molecular weight excluding hydrogens is 291 g/mol. The second-order valence-corrected chi connectivity index (χ2v) is 5.33. The van der Waals surface area contributed by atoms with Gasteiger partial charge in [0.2, 0.25) is 0 Å². The Morgan fingerprint density at radius 3 is 2.57 bits per heavy atom. The van der Waals surface area contributed by atoms with Crippen LogP contribution >= 0.6 is 11.8 Å². The number of benzene rings is 2. The van der Waals surface area contributed by atoms with Gasteiger partial charge in [0.15, 0.2) is 0 Å². The third kappa shape index (κ3) is 4.23. The van der Waals surface area contributed by atoms with Crippen LogP contribution in [0.25, 0.3) is 0 Å². The maximum atomic E-state index is 13.7. The maximum Gasteiger partial charge on any atom is 0.335 e. The number of carboxylic acid groups (broad SMARTS) is 1. The quantitative estimate of drug-likeness (QED) is 0.812. The molecule has 2 aromatic rings. The number of thioether (sulfide) groups is 1. The van der Waals surface area contributed by atoms with E-state index in [2.05, 4.69) is 0 Å². The first kappa shape index (κ1) is 15.4. The summed E-state index contributed by atoms with van der Waals surface area (Å²) >= 11 is 1.27. The van der Waals surface area contributed by atoms with E-state index in [0.29, 0.717) is 17.3 Å². The van der Waals surface area contributed by atoms with Crippen molar-refractivity contribution in [2.75, 3.05) is 6.61 Å². The average Bonchev–Trinajstić information content (AvgIpc) is 2.48. The molecule has 0 spiro atoms. The van der Waals surface area contributed by atoms with E-state index < -0.39 is 11.8 Å². The number of halogens is 1. The van der Waals surface area contributed by atoms with E-state index in [9.17, 15) is 9.18 Å². The van der Waals surface area contributed by atoms with Crippen molar-refractivity contribution in [1.82, 2.24) is 0 Å². The number of rotatable bonds is 6. The molecule has 2 rings (SSSR count). The Morgan fingerprint density at radius 2 is 1.95 bits per heavy atom. The minimum Gasteiger partial charge on any atom is -0.494 e. The van der Waals surface area contributed by atoms with Crippen molar-refractivity contribution in [3.8, 4) is 5.75 Å². The zero-order valence-electron chi connectivity index (χ0n) is 11.5. The van der Waals surface area contributed by atoms with Crippen LogP contribution in [0.4, 0.5) is 4.39 Å². The summed E-state index contributed by atoms with van der Waals surface area (Å²) in [6, 6.07) is 11.4. The van der Waals surface area contributed by atoms with Crippen LogP contribution in [0.3, 0.4) is 0 Å².